The average molecular weight is 1660 g/mol. The van der Waals surface area contributed by atoms with Crippen molar-refractivity contribution >= 4 is 18.1 Å². The first kappa shape index (κ1) is 94.7. The van der Waals surface area contributed by atoms with Gasteiger partial charge in [-0.2, -0.15) is 10.2 Å². The van der Waals surface area contributed by atoms with Gasteiger partial charge in [-0.25, -0.2) is 80.8 Å². The number of halogens is 15. The Balaban J connectivity index is 0.000000189. The normalized spacial score (nSPS) is 20.2. The summed E-state index contributed by atoms with van der Waals surface area (Å²) in [7, 11) is 0. The van der Waals surface area contributed by atoms with Crippen molar-refractivity contribution in [2.45, 2.75) is 197 Å². The average Bonchev–Trinajstić information content (AvgIpc) is 1.63. The number of alkyl halides is 4. The maximum Gasteiger partial charge on any atom is 0.297 e. The lowest BCUT2D eigenvalue weighted by molar-refractivity contribution is 0.0357. The Labute approximate surface area is 672 Å². The number of hydrogen-bond acceptors (Lipinski definition) is 15. The Morgan fingerprint density at radius 3 is 1.10 bits per heavy atom. The van der Waals surface area contributed by atoms with Gasteiger partial charge in [-0.1, -0.05) is 55.5 Å². The predicted molar refractivity (Wildman–Crippen MR) is 414 cm³/mol. The molecule has 0 saturated carbocycles. The fourth-order valence-electron chi connectivity index (χ4n) is 13.8. The van der Waals surface area contributed by atoms with Gasteiger partial charge in [-0.15, -0.1) is 12.4 Å². The molecule has 0 spiro atoms. The van der Waals surface area contributed by atoms with Crippen LogP contribution in [0.4, 0.5) is 67.2 Å². The number of nitrogens with zero attached hydrogens (tertiary/aromatic N) is 6. The van der Waals surface area contributed by atoms with E-state index >= 15 is 0 Å². The lowest BCUT2D eigenvalue weighted by Crippen LogP contribution is -2.16. The SMILES string of the molecule is CC1(C)C[C@@H](c2ccc(-n3ncnc3C(F)F)c(F)c2)CO1.CC1(C)C[C@@H](c2ccc(F)c(-n3ncnc3C(F)F)c2)CO1.CC1(C)C[C@@H](c2ccc(F)c(CN)c2)CO1.CC1(C)C[C@@H](c2ccc(F)c(F)c2)CO1.CC1(C)C[C@@H](c2ccc(NN)c(F)c2)CO1.C[C@H](CO)c1ccc(F)c(F)c1.Cl.N[C@H](CO)c1ccc(F)c(F)c1. The molecule has 0 aliphatic carbocycles. The maximum absolute atomic E-state index is 14.3. The summed E-state index contributed by atoms with van der Waals surface area (Å²) in [5, 5.41) is 24.7. The molecule has 0 unspecified atom stereocenters. The van der Waals surface area contributed by atoms with E-state index in [1.807, 2.05) is 59.7 Å². The van der Waals surface area contributed by atoms with Crippen molar-refractivity contribution in [2.24, 2.45) is 17.3 Å². The summed E-state index contributed by atoms with van der Waals surface area (Å²) in [6.07, 6.45) is 0.666. The molecular formula is C84H101ClF14N10O7. The van der Waals surface area contributed by atoms with E-state index < -0.39 is 77.1 Å². The number of nitrogens with one attached hydrogen (secondary N) is 1. The summed E-state index contributed by atoms with van der Waals surface area (Å²) in [5.41, 5.74) is 18.8. The topological polar surface area (TPSA) is 238 Å². The van der Waals surface area contributed by atoms with Crippen LogP contribution in [0.25, 0.3) is 11.4 Å². The number of nitrogens with two attached hydrogens (primary N) is 3. The van der Waals surface area contributed by atoms with E-state index in [1.54, 1.807) is 37.3 Å². The number of rotatable bonds is 15. The van der Waals surface area contributed by atoms with Crippen molar-refractivity contribution in [3.8, 4) is 11.4 Å². The summed E-state index contributed by atoms with van der Waals surface area (Å²) in [4.78, 5) is 6.96. The van der Waals surface area contributed by atoms with Crippen LogP contribution in [0.5, 0.6) is 0 Å². The molecule has 0 radical (unpaired) electrons. The van der Waals surface area contributed by atoms with Gasteiger partial charge in [0, 0.05) is 54.2 Å². The van der Waals surface area contributed by atoms with Crippen molar-refractivity contribution in [1.82, 2.24) is 29.5 Å². The molecule has 9 aromatic rings. The number of aliphatic hydroxyl groups excluding tert-OH is 2. The highest BCUT2D eigenvalue weighted by molar-refractivity contribution is 5.85. The Morgan fingerprint density at radius 1 is 0.414 bits per heavy atom. The molecule has 7 heterocycles. The summed E-state index contributed by atoms with van der Waals surface area (Å²) in [6, 6.07) is 29.7. The second kappa shape index (κ2) is 41.3. The smallest absolute Gasteiger partial charge is 0.297 e. The van der Waals surface area contributed by atoms with Crippen molar-refractivity contribution in [1.29, 1.82) is 0 Å². The van der Waals surface area contributed by atoms with E-state index in [9.17, 15) is 61.5 Å². The molecule has 5 aliphatic rings. The first-order valence-electron chi connectivity index (χ1n) is 37.3. The summed E-state index contributed by atoms with van der Waals surface area (Å²) < 4.78 is 212. The van der Waals surface area contributed by atoms with Gasteiger partial charge >= 0.3 is 0 Å². The fourth-order valence-corrected chi connectivity index (χ4v) is 13.8. The van der Waals surface area contributed by atoms with Crippen LogP contribution in [0.1, 0.15) is 219 Å². The summed E-state index contributed by atoms with van der Waals surface area (Å²) in [6.45, 7) is 24.9. The lowest BCUT2D eigenvalue weighted by Gasteiger charge is -2.16. The molecule has 5 fully saturated rings. The highest BCUT2D eigenvalue weighted by Gasteiger charge is 2.38. The van der Waals surface area contributed by atoms with Crippen LogP contribution in [0.2, 0.25) is 0 Å². The second-order valence-electron chi connectivity index (χ2n) is 31.8. The van der Waals surface area contributed by atoms with Gasteiger partial charge in [0.25, 0.3) is 12.9 Å². The molecule has 7 aromatic carbocycles. The molecule has 0 bridgehead atoms. The minimum absolute atomic E-state index is 0. The van der Waals surface area contributed by atoms with Crippen LogP contribution in [-0.2, 0) is 30.2 Å². The van der Waals surface area contributed by atoms with E-state index in [4.69, 9.17) is 51.2 Å². The lowest BCUT2D eigenvalue weighted by atomic mass is 9.91. The number of anilines is 1. The van der Waals surface area contributed by atoms with Crippen molar-refractivity contribution in [2.75, 3.05) is 51.7 Å². The van der Waals surface area contributed by atoms with Crippen LogP contribution < -0.4 is 22.7 Å². The highest BCUT2D eigenvalue weighted by Crippen LogP contribution is 2.42. The third-order valence-electron chi connectivity index (χ3n) is 20.1. The number of hydrazine groups is 1. The largest absolute Gasteiger partial charge is 0.396 e. The van der Waals surface area contributed by atoms with Gasteiger partial charge in [-0.3, -0.25) is 5.84 Å². The standard InChI is InChI=1S/2C15H16F3N3O.C13H18FNO.C12H14F2O.C12H17FN2O.C9H10F2O.C8H9F2NO.ClH/c1-15(2)6-10(7-22-15)9-3-4-12(11(16)5-9)21-14(13(17)18)19-8-20-21;1-15(2)6-10(7-22-15)9-3-4-11(16)12(5-9)21-14(13(17)18)19-8-20-21;1-13(2)6-11(8-16-13)9-3-4-12(14)10(5-9)7-15;1-12(2)6-9(7-15-12)8-3-4-10(13)11(14)5-8;1-12(2)6-9(7-16-12)8-3-4-11(15-14)10(13)5-8;1-6(5-12)7-2-3-8(10)9(11)4-7;9-6-2-1-5(3-7(6)10)8(11)4-12;/h2*3-5,8,10,13H,6-7H2,1-2H3;3-5,11H,6-8,15H2,1-2H3;3-5,9H,6-7H2,1-2H3;3-5,9,15H,6-7,14H2,1-2H3;2-4,6,12H,5H2,1H3;1-3,8,12H,4,11H2;1H/t2*10-;11-;2*9-;6-;8-;/m1111111./s1. The van der Waals surface area contributed by atoms with Gasteiger partial charge in [0.1, 0.15) is 47.3 Å². The zero-order chi connectivity index (χ0) is 84.7. The molecule has 634 valence electrons. The monoisotopic (exact) mass is 1660 g/mol. The van der Waals surface area contributed by atoms with Crippen LogP contribution >= 0.6 is 12.4 Å². The maximum atomic E-state index is 14.3. The van der Waals surface area contributed by atoms with Crippen molar-refractivity contribution in [3.63, 3.8) is 0 Å². The molecule has 2 aromatic heterocycles. The minimum Gasteiger partial charge on any atom is -0.396 e. The molecule has 116 heavy (non-hydrogen) atoms. The van der Waals surface area contributed by atoms with E-state index in [-0.39, 0.29) is 113 Å². The molecular weight excluding hydrogens is 1560 g/mol. The number of aromatic nitrogens is 6. The van der Waals surface area contributed by atoms with E-state index in [0.717, 1.165) is 106 Å². The first-order chi connectivity index (χ1) is 54.0. The predicted octanol–water partition coefficient (Wildman–Crippen LogP) is 18.9. The Morgan fingerprint density at radius 2 is 0.750 bits per heavy atom. The first-order valence-corrected chi connectivity index (χ1v) is 37.3. The number of benzene rings is 7. The molecule has 5 aliphatic heterocycles. The van der Waals surface area contributed by atoms with E-state index in [0.29, 0.717) is 61.3 Å². The Bertz CT molecular complexity index is 4610. The van der Waals surface area contributed by atoms with Crippen LogP contribution in [-0.4, -0.2) is 114 Å². The Hall–Kier alpha value is -8.47. The van der Waals surface area contributed by atoms with Crippen LogP contribution in [0.15, 0.2) is 140 Å². The number of aliphatic hydroxyl groups is 2. The van der Waals surface area contributed by atoms with Gasteiger partial charge in [0.05, 0.1) is 79.4 Å². The van der Waals surface area contributed by atoms with E-state index in [1.165, 1.54) is 54.6 Å². The van der Waals surface area contributed by atoms with Gasteiger partial charge in [-0.05, 0) is 219 Å². The Kier molecular flexibility index (Phi) is 33.7. The van der Waals surface area contributed by atoms with Gasteiger partial charge in [0.15, 0.2) is 46.6 Å². The van der Waals surface area contributed by atoms with E-state index in [2.05, 4.69) is 53.3 Å². The summed E-state index contributed by atoms with van der Waals surface area (Å²) in [5.74, 6) is -2.01. The fraction of sp³-hybridized carbons (Fsp3) is 0.452. The van der Waals surface area contributed by atoms with Gasteiger partial charge < -0.3 is 50.8 Å². The molecule has 7 atom stereocenters. The molecule has 14 rings (SSSR count). The van der Waals surface area contributed by atoms with Crippen molar-refractivity contribution in [3.05, 3.63) is 254 Å². The quantitative estimate of drug-likeness (QED) is 0.0318. The summed E-state index contributed by atoms with van der Waals surface area (Å²) >= 11 is 0. The molecule has 9 N–H and O–H groups in total. The zero-order valence-corrected chi connectivity index (χ0v) is 67.0. The molecule has 17 nitrogen and oxygen atoms in total. The third-order valence-corrected chi connectivity index (χ3v) is 20.1. The number of nitrogen functional groups attached to an aromatic ring is 1. The molecule has 5 saturated heterocycles. The van der Waals surface area contributed by atoms with Crippen LogP contribution in [0, 0.1) is 58.2 Å². The van der Waals surface area contributed by atoms with Crippen molar-refractivity contribution < 1.29 is 95.4 Å². The second-order valence-corrected chi connectivity index (χ2v) is 31.8. The zero-order valence-electron chi connectivity index (χ0n) is 66.2. The molecule has 32 heteroatoms. The molecule has 0 amide bonds. The number of ether oxygens (including phenoxy) is 5. The third kappa shape index (κ3) is 26.3. The minimum atomic E-state index is -2.82. The van der Waals surface area contributed by atoms with Gasteiger partial charge in [0.2, 0.25) is 0 Å². The van der Waals surface area contributed by atoms with Crippen LogP contribution in [0.3, 0.4) is 0 Å². The highest BCUT2D eigenvalue weighted by atomic mass is 35.5. The number of hydrogen-bond donors (Lipinski definition) is 6.